The highest BCUT2D eigenvalue weighted by atomic mass is 19.1. The maximum atomic E-state index is 13.5. The highest BCUT2D eigenvalue weighted by molar-refractivity contribution is 5.54. The molecular formula is C15H23FN2O2. The average Bonchev–Trinajstić information content (AvgIpc) is 2.44. The number of ether oxygens (including phenoxy) is 2. The van der Waals surface area contributed by atoms with Gasteiger partial charge in [-0.25, -0.2) is 4.39 Å². The summed E-state index contributed by atoms with van der Waals surface area (Å²) in [5.74, 6) is -0.196. The van der Waals surface area contributed by atoms with Gasteiger partial charge in [0.15, 0.2) is 0 Å². The van der Waals surface area contributed by atoms with Crippen LogP contribution in [0.4, 0.5) is 10.1 Å². The summed E-state index contributed by atoms with van der Waals surface area (Å²) in [6, 6.07) is 4.99. The first-order valence-electron chi connectivity index (χ1n) is 7.05. The first-order valence-corrected chi connectivity index (χ1v) is 7.05. The van der Waals surface area contributed by atoms with Crippen molar-refractivity contribution in [3.05, 3.63) is 29.6 Å². The van der Waals surface area contributed by atoms with E-state index in [1.165, 1.54) is 6.07 Å². The van der Waals surface area contributed by atoms with Crippen LogP contribution in [0.25, 0.3) is 0 Å². The van der Waals surface area contributed by atoms with Crippen LogP contribution in [0.2, 0.25) is 0 Å². The van der Waals surface area contributed by atoms with E-state index in [4.69, 9.17) is 9.47 Å². The molecule has 0 aliphatic carbocycles. The topological polar surface area (TPSA) is 33.7 Å². The minimum atomic E-state index is -0.196. The molecule has 1 aliphatic heterocycles. The summed E-state index contributed by atoms with van der Waals surface area (Å²) in [6.45, 7) is 6.52. The minimum Gasteiger partial charge on any atom is -0.383 e. The first-order chi connectivity index (χ1) is 9.70. The van der Waals surface area contributed by atoms with Crippen LogP contribution in [0.5, 0.6) is 0 Å². The van der Waals surface area contributed by atoms with Crippen molar-refractivity contribution in [2.24, 2.45) is 0 Å². The van der Waals surface area contributed by atoms with Gasteiger partial charge in [-0.15, -0.1) is 0 Å². The Hall–Kier alpha value is -1.17. The minimum absolute atomic E-state index is 0.196. The number of benzene rings is 1. The van der Waals surface area contributed by atoms with Crippen LogP contribution in [0.1, 0.15) is 12.5 Å². The predicted octanol–water partition coefficient (Wildman–Crippen LogP) is 1.79. The second-order valence-corrected chi connectivity index (χ2v) is 5.07. The molecule has 112 valence electrons. The van der Waals surface area contributed by atoms with Gasteiger partial charge in [0.05, 0.1) is 19.3 Å². The third kappa shape index (κ3) is 4.16. The number of halogens is 1. The number of hydrogen-bond acceptors (Lipinski definition) is 4. The van der Waals surface area contributed by atoms with Gasteiger partial charge in [-0.2, -0.15) is 0 Å². The molecule has 1 N–H and O–H groups in total. The van der Waals surface area contributed by atoms with E-state index in [2.05, 4.69) is 17.1 Å². The molecule has 0 radical (unpaired) electrons. The summed E-state index contributed by atoms with van der Waals surface area (Å²) in [5.41, 5.74) is 2.07. The highest BCUT2D eigenvalue weighted by Gasteiger charge is 2.19. The van der Waals surface area contributed by atoms with Gasteiger partial charge in [-0.1, -0.05) is 0 Å². The van der Waals surface area contributed by atoms with Crippen molar-refractivity contribution in [3.8, 4) is 0 Å². The molecule has 1 saturated heterocycles. The number of morpholine rings is 1. The zero-order valence-corrected chi connectivity index (χ0v) is 12.2. The van der Waals surface area contributed by atoms with Gasteiger partial charge < -0.3 is 19.7 Å². The standard InChI is InChI=1S/C15H23FN2O2/c1-12-11-18(6-8-20-12)15-4-3-14(16)9-13(15)10-17-5-7-19-2/h3-4,9,12,17H,5-8,10-11H2,1-2H3. The number of anilines is 1. The smallest absolute Gasteiger partial charge is 0.123 e. The van der Waals surface area contributed by atoms with Crippen LogP contribution in [-0.2, 0) is 16.0 Å². The Balaban J connectivity index is 2.06. The molecule has 1 heterocycles. The van der Waals surface area contributed by atoms with Crippen molar-refractivity contribution in [1.82, 2.24) is 5.32 Å². The molecule has 0 saturated carbocycles. The summed E-state index contributed by atoms with van der Waals surface area (Å²) in [6.07, 6.45) is 0.211. The molecule has 0 spiro atoms. The fourth-order valence-electron chi connectivity index (χ4n) is 2.44. The van der Waals surface area contributed by atoms with E-state index in [0.29, 0.717) is 13.2 Å². The summed E-state index contributed by atoms with van der Waals surface area (Å²) in [5, 5.41) is 3.27. The molecule has 1 fully saturated rings. The van der Waals surface area contributed by atoms with Crippen LogP contribution in [0, 0.1) is 5.82 Å². The Morgan fingerprint density at radius 2 is 2.35 bits per heavy atom. The molecule has 1 aliphatic rings. The molecule has 2 rings (SSSR count). The molecule has 20 heavy (non-hydrogen) atoms. The Bertz CT molecular complexity index is 428. The zero-order chi connectivity index (χ0) is 14.4. The number of rotatable bonds is 6. The number of nitrogens with one attached hydrogen (secondary N) is 1. The van der Waals surface area contributed by atoms with E-state index in [9.17, 15) is 4.39 Å². The van der Waals surface area contributed by atoms with Gasteiger partial charge in [0.1, 0.15) is 5.82 Å². The van der Waals surface area contributed by atoms with Gasteiger partial charge in [-0.3, -0.25) is 0 Å². The average molecular weight is 282 g/mol. The van der Waals surface area contributed by atoms with E-state index in [0.717, 1.165) is 37.5 Å². The lowest BCUT2D eigenvalue weighted by molar-refractivity contribution is 0.0531. The van der Waals surface area contributed by atoms with Crippen molar-refractivity contribution in [2.75, 3.05) is 44.9 Å². The number of hydrogen-bond donors (Lipinski definition) is 1. The predicted molar refractivity (Wildman–Crippen MR) is 77.6 cm³/mol. The molecule has 0 amide bonds. The zero-order valence-electron chi connectivity index (χ0n) is 12.2. The fraction of sp³-hybridized carbons (Fsp3) is 0.600. The number of nitrogens with zero attached hydrogens (tertiary/aromatic N) is 1. The van der Waals surface area contributed by atoms with Crippen molar-refractivity contribution >= 4 is 5.69 Å². The van der Waals surface area contributed by atoms with Crippen molar-refractivity contribution in [3.63, 3.8) is 0 Å². The van der Waals surface area contributed by atoms with E-state index in [1.807, 2.05) is 6.07 Å². The molecule has 0 aromatic heterocycles. The molecule has 0 bridgehead atoms. The summed E-state index contributed by atoms with van der Waals surface area (Å²) >= 11 is 0. The first kappa shape index (κ1) is 15.2. The van der Waals surface area contributed by atoms with Crippen molar-refractivity contribution in [2.45, 2.75) is 19.6 Å². The molecule has 1 aromatic rings. The molecule has 1 aromatic carbocycles. The maximum absolute atomic E-state index is 13.5. The lowest BCUT2D eigenvalue weighted by Crippen LogP contribution is -2.41. The maximum Gasteiger partial charge on any atom is 0.123 e. The molecule has 1 atom stereocenters. The largest absolute Gasteiger partial charge is 0.383 e. The van der Waals surface area contributed by atoms with Crippen LogP contribution >= 0.6 is 0 Å². The molecule has 4 nitrogen and oxygen atoms in total. The van der Waals surface area contributed by atoms with E-state index >= 15 is 0 Å². The molecule has 1 unspecified atom stereocenters. The third-order valence-electron chi connectivity index (χ3n) is 3.42. The van der Waals surface area contributed by atoms with Gasteiger partial charge in [0, 0.05) is 39.0 Å². The Kier molecular flexibility index (Phi) is 5.76. The summed E-state index contributed by atoms with van der Waals surface area (Å²) in [7, 11) is 1.67. The summed E-state index contributed by atoms with van der Waals surface area (Å²) in [4.78, 5) is 2.26. The van der Waals surface area contributed by atoms with Crippen molar-refractivity contribution in [1.29, 1.82) is 0 Å². The van der Waals surface area contributed by atoms with Crippen LogP contribution in [-0.4, -0.2) is 46.1 Å². The highest BCUT2D eigenvalue weighted by Crippen LogP contribution is 2.23. The second kappa shape index (κ2) is 7.57. The van der Waals surface area contributed by atoms with Gasteiger partial charge >= 0.3 is 0 Å². The quantitative estimate of drug-likeness (QED) is 0.807. The van der Waals surface area contributed by atoms with Crippen LogP contribution < -0.4 is 10.2 Å². The van der Waals surface area contributed by atoms with Gasteiger partial charge in [-0.05, 0) is 30.7 Å². The lowest BCUT2D eigenvalue weighted by Gasteiger charge is -2.34. The van der Waals surface area contributed by atoms with Crippen LogP contribution in [0.3, 0.4) is 0 Å². The normalized spacial score (nSPS) is 19.4. The molecular weight excluding hydrogens is 259 g/mol. The van der Waals surface area contributed by atoms with Crippen molar-refractivity contribution < 1.29 is 13.9 Å². The lowest BCUT2D eigenvalue weighted by atomic mass is 10.1. The Labute approximate surface area is 119 Å². The Morgan fingerprint density at radius 1 is 1.50 bits per heavy atom. The number of methoxy groups -OCH3 is 1. The Morgan fingerprint density at radius 3 is 3.10 bits per heavy atom. The van der Waals surface area contributed by atoms with E-state index in [-0.39, 0.29) is 11.9 Å². The second-order valence-electron chi connectivity index (χ2n) is 5.07. The monoisotopic (exact) mass is 282 g/mol. The van der Waals surface area contributed by atoms with E-state index in [1.54, 1.807) is 13.2 Å². The fourth-order valence-corrected chi connectivity index (χ4v) is 2.44. The summed E-state index contributed by atoms with van der Waals surface area (Å²) < 4.78 is 24.0. The van der Waals surface area contributed by atoms with Gasteiger partial charge in [0.25, 0.3) is 0 Å². The van der Waals surface area contributed by atoms with Gasteiger partial charge in [0.2, 0.25) is 0 Å². The van der Waals surface area contributed by atoms with E-state index < -0.39 is 0 Å². The SMILES string of the molecule is COCCNCc1cc(F)ccc1N1CCOC(C)C1. The molecule has 5 heteroatoms. The van der Waals surface area contributed by atoms with Crippen LogP contribution in [0.15, 0.2) is 18.2 Å². The third-order valence-corrected chi connectivity index (χ3v) is 3.42.